The first-order valence-corrected chi connectivity index (χ1v) is 3.47. The summed E-state index contributed by atoms with van der Waals surface area (Å²) in [6.07, 6.45) is 2.01. The Kier molecular flexibility index (Phi) is 1.98. The molecule has 0 fully saturated rings. The summed E-state index contributed by atoms with van der Waals surface area (Å²) < 4.78 is 0. The van der Waals surface area contributed by atoms with Crippen molar-refractivity contribution in [3.63, 3.8) is 0 Å². The minimum atomic E-state index is 0.847. The minimum Gasteiger partial charge on any atom is -0.296 e. The van der Waals surface area contributed by atoms with Crippen LogP contribution in [0.1, 0.15) is 6.92 Å². The van der Waals surface area contributed by atoms with Crippen LogP contribution in [0.4, 0.5) is 0 Å². The van der Waals surface area contributed by atoms with E-state index in [4.69, 9.17) is 11.6 Å². The lowest BCUT2D eigenvalue weighted by molar-refractivity contribution is 0.0855. The third kappa shape index (κ3) is 1.19. The molecule has 0 spiro atoms. The Hall–Kier alpha value is -0.210. The number of halogens is 1. The fraction of sp³-hybridized carbons (Fsp3) is 0.667. The van der Waals surface area contributed by atoms with Gasteiger partial charge in [-0.3, -0.25) is 5.01 Å². The first-order chi connectivity index (χ1) is 4.25. The average molecular weight is 147 g/mol. The van der Waals surface area contributed by atoms with Gasteiger partial charge in [0.25, 0.3) is 0 Å². The van der Waals surface area contributed by atoms with Crippen LogP contribution in [0.15, 0.2) is 11.2 Å². The van der Waals surface area contributed by atoms with Crippen molar-refractivity contribution >= 4 is 11.6 Å². The van der Waals surface area contributed by atoms with Gasteiger partial charge in [-0.25, -0.2) is 5.01 Å². The van der Waals surface area contributed by atoms with Crippen molar-refractivity contribution in [2.75, 3.05) is 20.1 Å². The summed E-state index contributed by atoms with van der Waals surface area (Å²) in [5.74, 6) is 0. The van der Waals surface area contributed by atoms with Crippen LogP contribution >= 0.6 is 11.6 Å². The van der Waals surface area contributed by atoms with Crippen molar-refractivity contribution in [1.29, 1.82) is 0 Å². The molecule has 3 heteroatoms. The number of rotatable bonds is 1. The molecule has 0 radical (unpaired) electrons. The molecular formula is C6H11ClN2. The van der Waals surface area contributed by atoms with Gasteiger partial charge in [-0.15, -0.1) is 0 Å². The molecule has 0 aromatic carbocycles. The molecule has 2 nitrogen and oxygen atoms in total. The largest absolute Gasteiger partial charge is 0.296 e. The Bertz CT molecular complexity index is 133. The standard InChI is InChI=1S/C6H11ClN2/c1-3-9-6(7)4-5-8(9)2/h4H,3,5H2,1-2H3. The molecule has 1 rings (SSSR count). The van der Waals surface area contributed by atoms with E-state index in [-0.39, 0.29) is 0 Å². The second-order valence-corrected chi connectivity index (χ2v) is 2.47. The van der Waals surface area contributed by atoms with Crippen molar-refractivity contribution in [3.05, 3.63) is 11.2 Å². The number of hydrazine groups is 1. The topological polar surface area (TPSA) is 6.48 Å². The van der Waals surface area contributed by atoms with Gasteiger partial charge in [0.05, 0.1) is 0 Å². The van der Waals surface area contributed by atoms with Gasteiger partial charge in [-0.05, 0) is 13.0 Å². The zero-order chi connectivity index (χ0) is 6.85. The summed E-state index contributed by atoms with van der Waals surface area (Å²) in [6.45, 7) is 3.97. The molecule has 0 saturated heterocycles. The van der Waals surface area contributed by atoms with Crippen molar-refractivity contribution in [3.8, 4) is 0 Å². The van der Waals surface area contributed by atoms with Gasteiger partial charge >= 0.3 is 0 Å². The van der Waals surface area contributed by atoms with Crippen LogP contribution in [-0.2, 0) is 0 Å². The first kappa shape index (κ1) is 6.90. The predicted octanol–water partition coefficient (Wildman–Crippen LogP) is 1.25. The quantitative estimate of drug-likeness (QED) is 0.514. The summed E-state index contributed by atoms with van der Waals surface area (Å²) in [5.41, 5.74) is 0. The van der Waals surface area contributed by atoms with Crippen LogP contribution < -0.4 is 0 Å². The monoisotopic (exact) mass is 146 g/mol. The molecule has 0 amide bonds. The van der Waals surface area contributed by atoms with Gasteiger partial charge in [0.2, 0.25) is 0 Å². The molecule has 0 aromatic heterocycles. The Balaban J connectivity index is 2.57. The van der Waals surface area contributed by atoms with Gasteiger partial charge in [-0.1, -0.05) is 11.6 Å². The highest BCUT2D eigenvalue weighted by atomic mass is 35.5. The van der Waals surface area contributed by atoms with Crippen molar-refractivity contribution < 1.29 is 0 Å². The van der Waals surface area contributed by atoms with Crippen LogP contribution in [-0.4, -0.2) is 30.2 Å². The van der Waals surface area contributed by atoms with Crippen LogP contribution in [0, 0.1) is 0 Å². The van der Waals surface area contributed by atoms with E-state index in [0.717, 1.165) is 18.2 Å². The smallest absolute Gasteiger partial charge is 0.116 e. The first-order valence-electron chi connectivity index (χ1n) is 3.10. The summed E-state index contributed by atoms with van der Waals surface area (Å²) >= 11 is 5.82. The fourth-order valence-corrected chi connectivity index (χ4v) is 1.28. The van der Waals surface area contributed by atoms with Crippen molar-refractivity contribution in [1.82, 2.24) is 10.0 Å². The van der Waals surface area contributed by atoms with Crippen molar-refractivity contribution in [2.45, 2.75) is 6.92 Å². The summed E-state index contributed by atoms with van der Waals surface area (Å²) in [4.78, 5) is 0. The highest BCUT2D eigenvalue weighted by Crippen LogP contribution is 2.16. The fourth-order valence-electron chi connectivity index (χ4n) is 0.967. The van der Waals surface area contributed by atoms with Gasteiger partial charge in [0.1, 0.15) is 5.16 Å². The second kappa shape index (κ2) is 2.58. The SMILES string of the molecule is CCN1C(Cl)=CCN1C. The maximum atomic E-state index is 5.82. The highest BCUT2D eigenvalue weighted by Gasteiger charge is 2.15. The van der Waals surface area contributed by atoms with Crippen LogP contribution in [0.3, 0.4) is 0 Å². The molecule has 1 aliphatic heterocycles. The van der Waals surface area contributed by atoms with Gasteiger partial charge in [0, 0.05) is 20.1 Å². The molecule has 1 heterocycles. The van der Waals surface area contributed by atoms with E-state index >= 15 is 0 Å². The molecule has 0 N–H and O–H groups in total. The summed E-state index contributed by atoms with van der Waals surface area (Å²) in [6, 6.07) is 0. The second-order valence-electron chi connectivity index (χ2n) is 2.08. The third-order valence-corrected chi connectivity index (χ3v) is 1.83. The van der Waals surface area contributed by atoms with E-state index in [2.05, 4.69) is 11.9 Å². The van der Waals surface area contributed by atoms with Crippen molar-refractivity contribution in [2.24, 2.45) is 0 Å². The number of hydrogen-bond acceptors (Lipinski definition) is 2. The molecule has 0 aliphatic carbocycles. The molecule has 0 aromatic rings. The zero-order valence-corrected chi connectivity index (χ0v) is 6.52. The zero-order valence-electron chi connectivity index (χ0n) is 5.76. The van der Waals surface area contributed by atoms with Gasteiger partial charge < -0.3 is 0 Å². The number of hydrogen-bond donors (Lipinski definition) is 0. The van der Waals surface area contributed by atoms with Gasteiger partial charge in [-0.2, -0.15) is 0 Å². The molecule has 0 bridgehead atoms. The van der Waals surface area contributed by atoms with E-state index in [9.17, 15) is 0 Å². The number of nitrogens with zero attached hydrogens (tertiary/aromatic N) is 2. The lowest BCUT2D eigenvalue weighted by Crippen LogP contribution is -2.32. The van der Waals surface area contributed by atoms with E-state index in [1.165, 1.54) is 0 Å². The molecular weight excluding hydrogens is 136 g/mol. The van der Waals surface area contributed by atoms with E-state index in [1.54, 1.807) is 0 Å². The van der Waals surface area contributed by atoms with E-state index in [0.29, 0.717) is 0 Å². The predicted molar refractivity (Wildman–Crippen MR) is 38.9 cm³/mol. The van der Waals surface area contributed by atoms with Crippen LogP contribution in [0.5, 0.6) is 0 Å². The normalized spacial score (nSPS) is 20.8. The Morgan fingerprint density at radius 3 is 2.67 bits per heavy atom. The van der Waals surface area contributed by atoms with E-state index in [1.807, 2.05) is 18.1 Å². The summed E-state index contributed by atoms with van der Waals surface area (Å²) in [5, 5.41) is 4.96. The van der Waals surface area contributed by atoms with Gasteiger partial charge in [0.15, 0.2) is 0 Å². The average Bonchev–Trinajstić information content (AvgIpc) is 2.12. The van der Waals surface area contributed by atoms with Crippen LogP contribution in [0.25, 0.3) is 0 Å². The third-order valence-electron chi connectivity index (χ3n) is 1.48. The lowest BCUT2D eigenvalue weighted by Gasteiger charge is -2.24. The highest BCUT2D eigenvalue weighted by molar-refractivity contribution is 6.29. The van der Waals surface area contributed by atoms with Crippen LogP contribution in [0.2, 0.25) is 0 Å². The molecule has 0 saturated carbocycles. The maximum Gasteiger partial charge on any atom is 0.116 e. The summed E-state index contributed by atoms with van der Waals surface area (Å²) in [7, 11) is 2.02. The molecule has 52 valence electrons. The Morgan fingerprint density at radius 1 is 1.78 bits per heavy atom. The minimum absolute atomic E-state index is 0.847. The number of likely N-dealkylation sites (N-methyl/N-ethyl adjacent to an activating group) is 1. The molecule has 9 heavy (non-hydrogen) atoms. The molecule has 1 aliphatic rings. The molecule has 0 atom stereocenters. The maximum absolute atomic E-state index is 5.82. The molecule has 0 unspecified atom stereocenters. The Labute approximate surface area is 60.7 Å². The van der Waals surface area contributed by atoms with E-state index < -0.39 is 0 Å². The Morgan fingerprint density at radius 2 is 2.44 bits per heavy atom. The lowest BCUT2D eigenvalue weighted by atomic mass is 10.6.